The molecule has 0 fully saturated rings. The zero-order valence-corrected chi connectivity index (χ0v) is 16.6. The number of pyridine rings is 1. The Morgan fingerprint density at radius 3 is 2.81 bits per heavy atom. The summed E-state index contributed by atoms with van der Waals surface area (Å²) >= 11 is 0. The van der Waals surface area contributed by atoms with Gasteiger partial charge in [-0.05, 0) is 36.8 Å². The van der Waals surface area contributed by atoms with E-state index in [4.69, 9.17) is 16.4 Å². The van der Waals surface area contributed by atoms with Crippen molar-refractivity contribution < 1.29 is 7.65 Å². The maximum Gasteiger partial charge on any atom is 0.274 e. The molecule has 1 amide bonds. The lowest BCUT2D eigenvalue weighted by Crippen LogP contribution is -2.17. The van der Waals surface area contributed by atoms with Gasteiger partial charge in [-0.2, -0.15) is 5.26 Å². The second kappa shape index (κ2) is 8.41. The number of imidazole rings is 1. The fourth-order valence-electron chi connectivity index (χ4n) is 2.43. The van der Waals surface area contributed by atoms with Crippen LogP contribution in [0.5, 0.6) is 0 Å². The van der Waals surface area contributed by atoms with Crippen LogP contribution in [0.1, 0.15) is 30.0 Å². The standard InChI is InChI=1S/C18H15N7O.HI.2H2/c1-11-6-12(8-19)9-23-16(11)18(26)24-13-2-3-15(20)14(7-13)17(21)25-5-4-22-10-25;;;/h2-7,9-10,21H,20H2,1H3,(H,24,26);3*1H. The first-order valence-corrected chi connectivity index (χ1v) is 7.64. The number of hydrogen-bond acceptors (Lipinski definition) is 6. The normalized spacial score (nSPS) is 9.78. The monoisotopic (exact) mass is 477 g/mol. The minimum absolute atomic E-state index is 0. The average Bonchev–Trinajstić information content (AvgIpc) is 3.17. The van der Waals surface area contributed by atoms with E-state index in [1.807, 2.05) is 6.07 Å². The van der Waals surface area contributed by atoms with Gasteiger partial charge in [0.05, 0.1) is 5.56 Å². The molecule has 1 aromatic carbocycles. The number of benzene rings is 1. The third-order valence-electron chi connectivity index (χ3n) is 3.75. The Morgan fingerprint density at radius 2 is 2.19 bits per heavy atom. The van der Waals surface area contributed by atoms with E-state index in [0.717, 1.165) is 0 Å². The lowest BCUT2D eigenvalue weighted by molar-refractivity contribution is 0.102. The highest BCUT2D eigenvalue weighted by atomic mass is 127. The first kappa shape index (κ1) is 20.1. The number of nitrogens with zero attached hydrogens (tertiary/aromatic N) is 4. The van der Waals surface area contributed by atoms with Crippen LogP contribution in [-0.2, 0) is 0 Å². The molecule has 0 spiro atoms. The van der Waals surface area contributed by atoms with Gasteiger partial charge in [0.2, 0.25) is 0 Å². The Morgan fingerprint density at radius 1 is 1.41 bits per heavy atom. The summed E-state index contributed by atoms with van der Waals surface area (Å²) in [6.45, 7) is 1.71. The van der Waals surface area contributed by atoms with Gasteiger partial charge in [0.25, 0.3) is 5.91 Å². The van der Waals surface area contributed by atoms with E-state index in [9.17, 15) is 4.79 Å². The summed E-state index contributed by atoms with van der Waals surface area (Å²) in [6, 6.07) is 8.48. The molecule has 27 heavy (non-hydrogen) atoms. The van der Waals surface area contributed by atoms with Gasteiger partial charge in [-0.25, -0.2) is 9.97 Å². The molecule has 0 aliphatic rings. The number of carbonyl (C=O) groups is 1. The predicted octanol–water partition coefficient (Wildman–Crippen LogP) is 3.28. The van der Waals surface area contributed by atoms with Crippen molar-refractivity contribution in [2.45, 2.75) is 6.92 Å². The number of aryl methyl sites for hydroxylation is 1. The van der Waals surface area contributed by atoms with E-state index < -0.39 is 5.91 Å². The molecule has 9 heteroatoms. The van der Waals surface area contributed by atoms with Crippen LogP contribution in [0.25, 0.3) is 0 Å². The summed E-state index contributed by atoms with van der Waals surface area (Å²) < 4.78 is 1.52. The van der Waals surface area contributed by atoms with Crippen molar-refractivity contribution >= 4 is 47.1 Å². The molecule has 0 saturated carbocycles. The summed E-state index contributed by atoms with van der Waals surface area (Å²) in [5.41, 5.74) is 8.54. The van der Waals surface area contributed by atoms with Gasteiger partial charge in [-0.15, -0.1) is 24.0 Å². The number of amides is 1. The van der Waals surface area contributed by atoms with Crippen LogP contribution in [0.4, 0.5) is 11.4 Å². The summed E-state index contributed by atoms with van der Waals surface area (Å²) in [6.07, 6.45) is 6.05. The van der Waals surface area contributed by atoms with Gasteiger partial charge in [-0.3, -0.25) is 14.8 Å². The van der Waals surface area contributed by atoms with E-state index in [1.54, 1.807) is 43.6 Å². The molecule has 140 valence electrons. The Balaban J connectivity index is 0.00000261. The van der Waals surface area contributed by atoms with Crippen molar-refractivity contribution in [1.29, 1.82) is 10.7 Å². The van der Waals surface area contributed by atoms with Gasteiger partial charge in [-0.1, -0.05) is 0 Å². The van der Waals surface area contributed by atoms with Crippen molar-refractivity contribution in [1.82, 2.24) is 14.5 Å². The highest BCUT2D eigenvalue weighted by Crippen LogP contribution is 2.20. The molecule has 0 unspecified atom stereocenters. The van der Waals surface area contributed by atoms with Gasteiger partial charge in [0, 0.05) is 38.4 Å². The Hall–Kier alpha value is -3.26. The van der Waals surface area contributed by atoms with Gasteiger partial charge >= 0.3 is 0 Å². The Labute approximate surface area is 175 Å². The molecule has 0 saturated heterocycles. The molecule has 0 atom stereocenters. The molecule has 0 aliphatic heterocycles. The molecule has 2 heterocycles. The molecular formula is C18H20IN7O. The molecule has 3 aromatic rings. The zero-order chi connectivity index (χ0) is 18.7. The molecule has 0 bridgehead atoms. The number of nitrogen functional groups attached to an aromatic ring is 1. The Bertz CT molecular complexity index is 1050. The van der Waals surface area contributed by atoms with Crippen LogP contribution in [-0.4, -0.2) is 26.3 Å². The number of nitriles is 1. The van der Waals surface area contributed by atoms with Crippen LogP contribution in [0.2, 0.25) is 0 Å². The lowest BCUT2D eigenvalue weighted by atomic mass is 10.1. The van der Waals surface area contributed by atoms with E-state index in [0.29, 0.717) is 28.1 Å². The molecule has 8 nitrogen and oxygen atoms in total. The molecule has 4 N–H and O–H groups in total. The second-order valence-electron chi connectivity index (χ2n) is 5.58. The van der Waals surface area contributed by atoms with Gasteiger partial charge in [0.1, 0.15) is 23.9 Å². The van der Waals surface area contributed by atoms with Gasteiger partial charge < -0.3 is 11.1 Å². The fraction of sp³-hybridized carbons (Fsp3) is 0.0556. The maximum absolute atomic E-state index is 12.5. The van der Waals surface area contributed by atoms with Crippen LogP contribution < -0.4 is 11.1 Å². The predicted molar refractivity (Wildman–Crippen MR) is 117 cm³/mol. The molecular weight excluding hydrogens is 457 g/mol. The minimum Gasteiger partial charge on any atom is -0.398 e. The summed E-state index contributed by atoms with van der Waals surface area (Å²) in [5.74, 6) is -0.263. The number of hydrogen-bond donors (Lipinski definition) is 3. The molecule has 3 rings (SSSR count). The summed E-state index contributed by atoms with van der Waals surface area (Å²) in [4.78, 5) is 20.4. The smallest absolute Gasteiger partial charge is 0.274 e. The molecule has 2 aromatic heterocycles. The average molecular weight is 477 g/mol. The van der Waals surface area contributed by atoms with Crippen LogP contribution in [0, 0.1) is 23.7 Å². The summed E-state index contributed by atoms with van der Waals surface area (Å²) in [5, 5.41) is 19.9. The molecule has 0 aliphatic carbocycles. The third-order valence-corrected chi connectivity index (χ3v) is 3.75. The fourth-order valence-corrected chi connectivity index (χ4v) is 2.43. The van der Waals surface area contributed by atoms with Crippen LogP contribution in [0.15, 0.2) is 49.2 Å². The number of aromatic nitrogens is 3. The number of rotatable bonds is 3. The van der Waals surface area contributed by atoms with E-state index >= 15 is 0 Å². The summed E-state index contributed by atoms with van der Waals surface area (Å²) in [7, 11) is 0. The Kier molecular flexibility index (Phi) is 6.25. The topological polar surface area (TPSA) is 133 Å². The number of nitrogens with two attached hydrogens (primary N) is 1. The molecule has 0 radical (unpaired) electrons. The van der Waals surface area contributed by atoms with E-state index in [2.05, 4.69) is 15.3 Å². The number of halogens is 1. The van der Waals surface area contributed by atoms with Gasteiger partial charge in [0.15, 0.2) is 0 Å². The lowest BCUT2D eigenvalue weighted by Gasteiger charge is -2.12. The van der Waals surface area contributed by atoms with Crippen molar-refractivity contribution in [2.75, 3.05) is 11.1 Å². The van der Waals surface area contributed by atoms with Crippen LogP contribution >= 0.6 is 24.0 Å². The highest BCUT2D eigenvalue weighted by molar-refractivity contribution is 14.0. The first-order valence-electron chi connectivity index (χ1n) is 7.64. The third kappa shape index (κ3) is 4.29. The van der Waals surface area contributed by atoms with Crippen molar-refractivity contribution in [2.24, 2.45) is 0 Å². The minimum atomic E-state index is -0.406. The van der Waals surface area contributed by atoms with Crippen molar-refractivity contribution in [3.8, 4) is 6.07 Å². The zero-order valence-electron chi connectivity index (χ0n) is 14.3. The number of anilines is 2. The largest absolute Gasteiger partial charge is 0.398 e. The number of nitrogens with one attached hydrogen (secondary N) is 2. The van der Waals surface area contributed by atoms with Crippen molar-refractivity contribution in [3.05, 3.63) is 71.6 Å². The SMILES string of the molecule is Cc1cc(C#N)cnc1C(=O)Nc1ccc(N)c(C(=N)n2ccnc2)c1.I.[HH].[HH]. The number of carbonyl (C=O) groups excluding carboxylic acids is 1. The van der Waals surface area contributed by atoms with Crippen molar-refractivity contribution in [3.63, 3.8) is 0 Å². The highest BCUT2D eigenvalue weighted by Gasteiger charge is 2.14. The van der Waals surface area contributed by atoms with Crippen LogP contribution in [0.3, 0.4) is 0 Å². The van der Waals surface area contributed by atoms with E-state index in [-0.39, 0.29) is 38.4 Å². The quantitative estimate of drug-likeness (QED) is 0.231. The second-order valence-corrected chi connectivity index (χ2v) is 5.58. The van der Waals surface area contributed by atoms with E-state index in [1.165, 1.54) is 17.1 Å². The first-order chi connectivity index (χ1) is 12.5. The maximum atomic E-state index is 12.5.